The van der Waals surface area contributed by atoms with Gasteiger partial charge in [-0.25, -0.2) is 0 Å². The number of benzene rings is 3. The van der Waals surface area contributed by atoms with Crippen molar-refractivity contribution in [1.29, 1.82) is 0 Å². The van der Waals surface area contributed by atoms with Crippen molar-refractivity contribution in [2.24, 2.45) is 0 Å². The van der Waals surface area contributed by atoms with Crippen molar-refractivity contribution in [2.45, 2.75) is 18.5 Å². The number of methoxy groups -OCH3 is 1. The van der Waals surface area contributed by atoms with E-state index in [1.54, 1.807) is 7.11 Å². The van der Waals surface area contributed by atoms with Crippen LogP contribution in [-0.4, -0.2) is 37.7 Å². The number of amides is 1. The summed E-state index contributed by atoms with van der Waals surface area (Å²) in [6.07, 6.45) is 0.774. The number of hydrogen-bond donors (Lipinski definition) is 1. The first kappa shape index (κ1) is 20.9. The van der Waals surface area contributed by atoms with E-state index in [1.807, 2.05) is 77.7 Å². The molecular weight excluding hydrogens is 388 g/mol. The molecule has 4 rings (SSSR count). The first-order chi connectivity index (χ1) is 15.3. The highest BCUT2D eigenvalue weighted by Crippen LogP contribution is 2.31. The number of hydrogen-bond acceptors (Lipinski definition) is 4. The molecule has 3 aromatic rings. The highest BCUT2D eigenvalue weighted by molar-refractivity contribution is 5.86. The number of carbonyl (C=O) groups is 1. The van der Waals surface area contributed by atoms with Crippen molar-refractivity contribution in [3.8, 4) is 5.75 Å². The van der Waals surface area contributed by atoms with Crippen LogP contribution >= 0.6 is 0 Å². The Labute approximate surface area is 183 Å². The molecule has 0 bridgehead atoms. The quantitative estimate of drug-likeness (QED) is 0.625. The molecule has 1 aliphatic rings. The van der Waals surface area contributed by atoms with Crippen LogP contribution in [0.15, 0.2) is 84.9 Å². The molecule has 2 unspecified atom stereocenters. The molecule has 0 saturated carbocycles. The molecule has 1 aliphatic heterocycles. The maximum Gasteiger partial charge on any atom is 0.250 e. The van der Waals surface area contributed by atoms with E-state index in [0.29, 0.717) is 19.8 Å². The molecule has 1 N–H and O–H groups in total. The fourth-order valence-electron chi connectivity index (χ4n) is 4.04. The van der Waals surface area contributed by atoms with E-state index >= 15 is 0 Å². The lowest BCUT2D eigenvalue weighted by atomic mass is 9.99. The van der Waals surface area contributed by atoms with Gasteiger partial charge in [-0.3, -0.25) is 4.79 Å². The summed E-state index contributed by atoms with van der Waals surface area (Å²) >= 11 is 0. The second kappa shape index (κ2) is 10.1. The van der Waals surface area contributed by atoms with Gasteiger partial charge in [-0.2, -0.15) is 0 Å². The third kappa shape index (κ3) is 5.06. The van der Waals surface area contributed by atoms with Gasteiger partial charge in [0.2, 0.25) is 5.91 Å². The van der Waals surface area contributed by atoms with Crippen molar-refractivity contribution in [2.75, 3.05) is 32.2 Å². The van der Waals surface area contributed by atoms with E-state index in [9.17, 15) is 4.79 Å². The molecule has 0 spiro atoms. The molecule has 1 amide bonds. The Balaban J connectivity index is 1.68. The minimum absolute atomic E-state index is 0.0190. The Kier molecular flexibility index (Phi) is 6.85. The lowest BCUT2D eigenvalue weighted by Crippen LogP contribution is -2.41. The van der Waals surface area contributed by atoms with Gasteiger partial charge in [0.1, 0.15) is 11.8 Å². The van der Waals surface area contributed by atoms with E-state index in [0.717, 1.165) is 29.0 Å². The van der Waals surface area contributed by atoms with Crippen molar-refractivity contribution < 1.29 is 14.3 Å². The molecule has 2 atom stereocenters. The van der Waals surface area contributed by atoms with E-state index in [2.05, 4.69) is 17.4 Å². The number of rotatable bonds is 6. The topological polar surface area (TPSA) is 50.8 Å². The standard InChI is InChI=1S/C26H28N2O3/c1-30-23-14-8-13-22(19-23)27-25(21-11-6-3-7-12-21)26(29)28-16-18-31-17-15-24(28)20-9-4-2-5-10-20/h2-14,19,24-25,27H,15-18H2,1H3. The van der Waals surface area contributed by atoms with Crippen LogP contribution in [-0.2, 0) is 9.53 Å². The average molecular weight is 417 g/mol. The fourth-order valence-corrected chi connectivity index (χ4v) is 4.04. The summed E-state index contributed by atoms with van der Waals surface area (Å²) in [5.41, 5.74) is 2.89. The van der Waals surface area contributed by atoms with E-state index in [-0.39, 0.29) is 11.9 Å². The molecule has 160 valence electrons. The first-order valence-electron chi connectivity index (χ1n) is 10.6. The second-order valence-electron chi connectivity index (χ2n) is 7.58. The number of nitrogens with zero attached hydrogens (tertiary/aromatic N) is 1. The lowest BCUT2D eigenvalue weighted by molar-refractivity contribution is -0.134. The maximum atomic E-state index is 14.0. The lowest BCUT2D eigenvalue weighted by Gasteiger charge is -2.33. The minimum atomic E-state index is -0.516. The Morgan fingerprint density at radius 1 is 1.00 bits per heavy atom. The molecule has 5 nitrogen and oxygen atoms in total. The highest BCUT2D eigenvalue weighted by atomic mass is 16.5. The van der Waals surface area contributed by atoms with Crippen LogP contribution in [0.25, 0.3) is 0 Å². The van der Waals surface area contributed by atoms with Crippen LogP contribution in [0.1, 0.15) is 29.6 Å². The monoisotopic (exact) mass is 416 g/mol. The largest absolute Gasteiger partial charge is 0.497 e. The van der Waals surface area contributed by atoms with Crippen LogP contribution in [0, 0.1) is 0 Å². The summed E-state index contributed by atoms with van der Waals surface area (Å²) in [6.45, 7) is 1.74. The van der Waals surface area contributed by atoms with Gasteiger partial charge < -0.3 is 19.7 Å². The Bertz CT molecular complexity index is 978. The first-order valence-corrected chi connectivity index (χ1v) is 10.6. The van der Waals surface area contributed by atoms with E-state index < -0.39 is 6.04 Å². The summed E-state index contributed by atoms with van der Waals surface area (Å²) in [5.74, 6) is 0.781. The molecular formula is C26H28N2O3. The van der Waals surface area contributed by atoms with Crippen LogP contribution in [0.2, 0.25) is 0 Å². The number of ether oxygens (including phenoxy) is 2. The molecule has 5 heteroatoms. The molecule has 1 fully saturated rings. The molecule has 0 aliphatic carbocycles. The zero-order chi connectivity index (χ0) is 21.5. The summed E-state index contributed by atoms with van der Waals surface area (Å²) < 4.78 is 11.1. The predicted octanol–water partition coefficient (Wildman–Crippen LogP) is 4.84. The third-order valence-electron chi connectivity index (χ3n) is 5.62. The predicted molar refractivity (Wildman–Crippen MR) is 122 cm³/mol. The molecule has 0 radical (unpaired) electrons. The number of nitrogens with one attached hydrogen (secondary N) is 1. The van der Waals surface area contributed by atoms with Crippen LogP contribution in [0.5, 0.6) is 5.75 Å². The zero-order valence-corrected chi connectivity index (χ0v) is 17.7. The van der Waals surface area contributed by atoms with Crippen molar-refractivity contribution in [1.82, 2.24) is 4.90 Å². The minimum Gasteiger partial charge on any atom is -0.497 e. The average Bonchev–Trinajstić information content (AvgIpc) is 3.09. The van der Waals surface area contributed by atoms with Gasteiger partial charge >= 0.3 is 0 Å². The highest BCUT2D eigenvalue weighted by Gasteiger charge is 2.32. The maximum absolute atomic E-state index is 14.0. The van der Waals surface area contributed by atoms with Gasteiger partial charge in [0, 0.05) is 24.9 Å². The summed E-state index contributed by atoms with van der Waals surface area (Å²) in [4.78, 5) is 15.9. The molecule has 1 heterocycles. The van der Waals surface area contributed by atoms with Crippen LogP contribution in [0.4, 0.5) is 5.69 Å². The van der Waals surface area contributed by atoms with Crippen molar-refractivity contribution in [3.05, 3.63) is 96.1 Å². The van der Waals surface area contributed by atoms with Crippen molar-refractivity contribution >= 4 is 11.6 Å². The number of carbonyl (C=O) groups excluding carboxylic acids is 1. The summed E-state index contributed by atoms with van der Waals surface area (Å²) in [5, 5.41) is 3.45. The third-order valence-corrected chi connectivity index (χ3v) is 5.62. The van der Waals surface area contributed by atoms with Gasteiger partial charge in [0.25, 0.3) is 0 Å². The van der Waals surface area contributed by atoms with Gasteiger partial charge in [0.05, 0.1) is 19.8 Å². The molecule has 3 aromatic carbocycles. The smallest absolute Gasteiger partial charge is 0.250 e. The molecule has 31 heavy (non-hydrogen) atoms. The second-order valence-corrected chi connectivity index (χ2v) is 7.58. The van der Waals surface area contributed by atoms with E-state index in [4.69, 9.17) is 9.47 Å². The van der Waals surface area contributed by atoms with Crippen molar-refractivity contribution in [3.63, 3.8) is 0 Å². The Hall–Kier alpha value is -3.31. The Morgan fingerprint density at radius 3 is 2.48 bits per heavy atom. The van der Waals surface area contributed by atoms with Crippen LogP contribution < -0.4 is 10.1 Å². The summed E-state index contributed by atoms with van der Waals surface area (Å²) in [6, 6.07) is 27.2. The van der Waals surface area contributed by atoms with Gasteiger partial charge in [-0.1, -0.05) is 66.7 Å². The van der Waals surface area contributed by atoms with E-state index in [1.165, 1.54) is 0 Å². The molecule has 1 saturated heterocycles. The van der Waals surface area contributed by atoms with Crippen LogP contribution in [0.3, 0.4) is 0 Å². The number of anilines is 1. The molecule has 0 aromatic heterocycles. The van der Waals surface area contributed by atoms with Gasteiger partial charge in [0.15, 0.2) is 0 Å². The SMILES string of the molecule is COc1cccc(NC(C(=O)N2CCOCCC2c2ccccc2)c2ccccc2)c1. The zero-order valence-electron chi connectivity index (χ0n) is 17.7. The normalized spacial score (nSPS) is 17.5. The Morgan fingerprint density at radius 2 is 1.74 bits per heavy atom. The van der Waals surface area contributed by atoms with Gasteiger partial charge in [-0.05, 0) is 29.7 Å². The van der Waals surface area contributed by atoms with Gasteiger partial charge in [-0.15, -0.1) is 0 Å². The fraction of sp³-hybridized carbons (Fsp3) is 0.269. The summed E-state index contributed by atoms with van der Waals surface area (Å²) in [7, 11) is 1.64.